The molecule has 0 spiro atoms. The fourth-order valence-corrected chi connectivity index (χ4v) is 2.50. The molecule has 0 aliphatic carbocycles. The highest BCUT2D eigenvalue weighted by Crippen LogP contribution is 2.13. The fraction of sp³-hybridized carbons (Fsp3) is 0.214. The van der Waals surface area contributed by atoms with Crippen LogP contribution in [-0.4, -0.2) is 23.5 Å². The van der Waals surface area contributed by atoms with E-state index in [-0.39, 0.29) is 12.5 Å². The number of halogens is 1. The molecule has 1 amide bonds. The number of hydrogen-bond donors (Lipinski definition) is 1. The van der Waals surface area contributed by atoms with Gasteiger partial charge in [-0.3, -0.25) is 4.79 Å². The fourth-order valence-electron chi connectivity index (χ4n) is 1.59. The van der Waals surface area contributed by atoms with Crippen molar-refractivity contribution in [3.8, 4) is 0 Å². The van der Waals surface area contributed by atoms with Gasteiger partial charge >= 0.3 is 5.97 Å². The molecule has 7 heteroatoms. The van der Waals surface area contributed by atoms with E-state index in [4.69, 9.17) is 16.3 Å². The summed E-state index contributed by atoms with van der Waals surface area (Å²) >= 11 is 7.04. The minimum atomic E-state index is -0.534. The van der Waals surface area contributed by atoms with Crippen molar-refractivity contribution in [3.05, 3.63) is 50.9 Å². The van der Waals surface area contributed by atoms with Crippen LogP contribution in [0.1, 0.15) is 20.9 Å². The quantitative estimate of drug-likeness (QED) is 0.858. The summed E-state index contributed by atoms with van der Waals surface area (Å²) in [6, 6.07) is 7.16. The number of ether oxygens (including phenoxy) is 1. The molecule has 1 N–H and O–H groups in total. The van der Waals surface area contributed by atoms with Gasteiger partial charge in [0.25, 0.3) is 5.91 Å². The van der Waals surface area contributed by atoms with Crippen LogP contribution in [0.3, 0.4) is 0 Å². The highest BCUT2D eigenvalue weighted by molar-refractivity contribution is 7.11. The topological polar surface area (TPSA) is 68.3 Å². The molecule has 0 saturated carbocycles. The van der Waals surface area contributed by atoms with Gasteiger partial charge in [0.1, 0.15) is 4.88 Å². The number of rotatable bonds is 5. The third-order valence-corrected chi connectivity index (χ3v) is 3.79. The SMILES string of the molecule is Cc1ncsc1C(=O)OCC(=O)NCc1cccc(Cl)c1. The van der Waals surface area contributed by atoms with Crippen LogP contribution in [0.5, 0.6) is 0 Å². The predicted octanol–water partition coefficient (Wildman–Crippen LogP) is 2.58. The Labute approximate surface area is 130 Å². The van der Waals surface area contributed by atoms with Crippen LogP contribution in [0, 0.1) is 6.92 Å². The minimum Gasteiger partial charge on any atom is -0.451 e. The molecule has 0 radical (unpaired) electrons. The van der Waals surface area contributed by atoms with E-state index < -0.39 is 5.97 Å². The maximum Gasteiger partial charge on any atom is 0.350 e. The van der Waals surface area contributed by atoms with Crippen molar-refractivity contribution in [2.75, 3.05) is 6.61 Å². The van der Waals surface area contributed by atoms with Gasteiger partial charge in [-0.25, -0.2) is 9.78 Å². The lowest BCUT2D eigenvalue weighted by atomic mass is 10.2. The van der Waals surface area contributed by atoms with Gasteiger partial charge in [0.05, 0.1) is 11.2 Å². The number of carbonyl (C=O) groups excluding carboxylic acids is 2. The van der Waals surface area contributed by atoms with E-state index in [2.05, 4.69) is 10.3 Å². The van der Waals surface area contributed by atoms with Crippen molar-refractivity contribution >= 4 is 34.8 Å². The Balaban J connectivity index is 1.78. The Morgan fingerprint density at radius 1 is 1.43 bits per heavy atom. The average molecular weight is 325 g/mol. The first-order valence-electron chi connectivity index (χ1n) is 6.14. The lowest BCUT2D eigenvalue weighted by Gasteiger charge is -2.06. The highest BCUT2D eigenvalue weighted by atomic mass is 35.5. The van der Waals surface area contributed by atoms with E-state index in [1.54, 1.807) is 30.6 Å². The van der Waals surface area contributed by atoms with E-state index in [1.165, 1.54) is 11.3 Å². The van der Waals surface area contributed by atoms with Crippen LogP contribution in [0.15, 0.2) is 29.8 Å². The summed E-state index contributed by atoms with van der Waals surface area (Å²) in [5.41, 5.74) is 3.04. The number of thiazole rings is 1. The highest BCUT2D eigenvalue weighted by Gasteiger charge is 2.14. The molecule has 1 aromatic carbocycles. The molecule has 5 nitrogen and oxygen atoms in total. The zero-order chi connectivity index (χ0) is 15.2. The summed E-state index contributed by atoms with van der Waals surface area (Å²) in [6.45, 7) is 1.72. The summed E-state index contributed by atoms with van der Waals surface area (Å²) in [7, 11) is 0. The number of benzene rings is 1. The van der Waals surface area contributed by atoms with E-state index in [0.717, 1.165) is 5.56 Å². The predicted molar refractivity (Wildman–Crippen MR) is 80.4 cm³/mol. The number of hydrogen-bond acceptors (Lipinski definition) is 5. The smallest absolute Gasteiger partial charge is 0.350 e. The Morgan fingerprint density at radius 3 is 2.90 bits per heavy atom. The lowest BCUT2D eigenvalue weighted by Crippen LogP contribution is -2.28. The second-order valence-corrected chi connectivity index (χ2v) is 5.54. The van der Waals surface area contributed by atoms with Crippen molar-refractivity contribution in [2.45, 2.75) is 13.5 Å². The van der Waals surface area contributed by atoms with Crippen molar-refractivity contribution in [2.24, 2.45) is 0 Å². The maximum absolute atomic E-state index is 11.7. The maximum atomic E-state index is 11.7. The number of nitrogens with one attached hydrogen (secondary N) is 1. The van der Waals surface area contributed by atoms with E-state index >= 15 is 0 Å². The van der Waals surface area contributed by atoms with Crippen LogP contribution < -0.4 is 5.32 Å². The summed E-state index contributed by atoms with van der Waals surface area (Å²) in [6.07, 6.45) is 0. The second kappa shape index (κ2) is 7.19. The van der Waals surface area contributed by atoms with Gasteiger partial charge in [-0.15, -0.1) is 11.3 Å². The first-order chi connectivity index (χ1) is 10.1. The Bertz CT molecular complexity index is 657. The van der Waals surface area contributed by atoms with Crippen LogP contribution in [0.25, 0.3) is 0 Å². The molecule has 0 aliphatic heterocycles. The van der Waals surface area contributed by atoms with Crippen LogP contribution in [0.2, 0.25) is 5.02 Å². The van der Waals surface area contributed by atoms with Gasteiger partial charge < -0.3 is 10.1 Å². The molecule has 21 heavy (non-hydrogen) atoms. The average Bonchev–Trinajstić information content (AvgIpc) is 2.89. The molecule has 110 valence electrons. The van der Waals surface area contributed by atoms with Gasteiger partial charge in [-0.1, -0.05) is 23.7 Å². The molecule has 2 aromatic rings. The standard InChI is InChI=1S/C14H13ClN2O3S/c1-9-13(21-8-17-9)14(19)20-7-12(18)16-6-10-3-2-4-11(15)5-10/h2-5,8H,6-7H2,1H3,(H,16,18). The molecule has 0 aliphatic rings. The van der Waals surface area contributed by atoms with E-state index in [0.29, 0.717) is 22.1 Å². The molecular formula is C14H13ClN2O3S. The van der Waals surface area contributed by atoms with Crippen molar-refractivity contribution in [1.82, 2.24) is 10.3 Å². The largest absolute Gasteiger partial charge is 0.451 e. The summed E-state index contributed by atoms with van der Waals surface area (Å²) in [5.74, 6) is -0.904. The summed E-state index contributed by atoms with van der Waals surface area (Å²) < 4.78 is 4.93. The molecule has 0 atom stereocenters. The molecule has 1 aromatic heterocycles. The number of aryl methyl sites for hydroxylation is 1. The Morgan fingerprint density at radius 2 is 2.24 bits per heavy atom. The minimum absolute atomic E-state index is 0.323. The van der Waals surface area contributed by atoms with Gasteiger partial charge in [0, 0.05) is 11.6 Å². The van der Waals surface area contributed by atoms with Gasteiger partial charge in [-0.05, 0) is 24.6 Å². The summed E-state index contributed by atoms with van der Waals surface area (Å²) in [5, 5.41) is 3.26. The normalized spacial score (nSPS) is 10.2. The van der Waals surface area contributed by atoms with Crippen LogP contribution in [-0.2, 0) is 16.1 Å². The first-order valence-corrected chi connectivity index (χ1v) is 7.40. The number of nitrogens with zero attached hydrogens (tertiary/aromatic N) is 1. The lowest BCUT2D eigenvalue weighted by molar-refractivity contribution is -0.124. The molecule has 0 bridgehead atoms. The van der Waals surface area contributed by atoms with E-state index in [1.807, 2.05) is 6.07 Å². The molecule has 2 rings (SSSR count). The Hall–Kier alpha value is -1.92. The monoisotopic (exact) mass is 324 g/mol. The van der Waals surface area contributed by atoms with Gasteiger partial charge in [0.15, 0.2) is 6.61 Å². The number of aromatic nitrogens is 1. The third-order valence-electron chi connectivity index (χ3n) is 2.64. The van der Waals surface area contributed by atoms with Crippen LogP contribution in [0.4, 0.5) is 0 Å². The number of carbonyl (C=O) groups is 2. The number of amides is 1. The molecule has 1 heterocycles. The third kappa shape index (κ3) is 4.54. The molecule has 0 saturated heterocycles. The van der Waals surface area contributed by atoms with E-state index in [9.17, 15) is 9.59 Å². The van der Waals surface area contributed by atoms with Gasteiger partial charge in [0.2, 0.25) is 0 Å². The number of esters is 1. The zero-order valence-corrected chi connectivity index (χ0v) is 12.8. The summed E-state index contributed by atoms with van der Waals surface area (Å²) in [4.78, 5) is 27.7. The first kappa shape index (κ1) is 15.5. The van der Waals surface area contributed by atoms with Crippen molar-refractivity contribution < 1.29 is 14.3 Å². The van der Waals surface area contributed by atoms with Gasteiger partial charge in [-0.2, -0.15) is 0 Å². The molecular weight excluding hydrogens is 312 g/mol. The molecule has 0 fully saturated rings. The molecule has 0 unspecified atom stereocenters. The van der Waals surface area contributed by atoms with Crippen molar-refractivity contribution in [1.29, 1.82) is 0 Å². The Kier molecular flexibility index (Phi) is 5.30. The van der Waals surface area contributed by atoms with Crippen LogP contribution >= 0.6 is 22.9 Å². The van der Waals surface area contributed by atoms with Crippen molar-refractivity contribution in [3.63, 3.8) is 0 Å². The second-order valence-electron chi connectivity index (χ2n) is 4.25. The zero-order valence-electron chi connectivity index (χ0n) is 11.3.